The second-order valence-electron chi connectivity index (χ2n) is 4.91. The summed E-state index contributed by atoms with van der Waals surface area (Å²) in [6, 6.07) is 4.83. The maximum absolute atomic E-state index is 12.4. The molecule has 22 heavy (non-hydrogen) atoms. The zero-order chi connectivity index (χ0) is 15.5. The van der Waals surface area contributed by atoms with E-state index in [0.717, 1.165) is 0 Å². The minimum atomic E-state index is -0.413. The monoisotopic (exact) mass is 320 g/mol. The zero-order valence-corrected chi connectivity index (χ0v) is 12.3. The standard InChI is InChI=1S/C14H13ClN4O3/c15-11-6-9(7-16-13(11)20)14(21)19-5-3-10(8-19)22-12-2-1-4-17-18-12/h1-2,4,6-7,10H,3,5,8H2,(H,16,20). The number of carbonyl (C=O) groups excluding carboxylic acids is 1. The molecule has 1 fully saturated rings. The number of ether oxygens (including phenoxy) is 1. The molecule has 0 aromatic carbocycles. The van der Waals surface area contributed by atoms with Crippen LogP contribution in [0.2, 0.25) is 5.02 Å². The first kappa shape index (κ1) is 14.5. The van der Waals surface area contributed by atoms with Crippen molar-refractivity contribution in [3.05, 3.63) is 51.5 Å². The van der Waals surface area contributed by atoms with Crippen LogP contribution < -0.4 is 10.3 Å². The quantitative estimate of drug-likeness (QED) is 0.915. The molecule has 3 heterocycles. The molecule has 3 rings (SSSR count). The van der Waals surface area contributed by atoms with Crippen LogP contribution in [0.15, 0.2) is 35.4 Å². The molecule has 0 spiro atoms. The fourth-order valence-electron chi connectivity index (χ4n) is 2.29. The van der Waals surface area contributed by atoms with Gasteiger partial charge in [0.05, 0.1) is 12.1 Å². The number of pyridine rings is 1. The third kappa shape index (κ3) is 3.09. The predicted octanol–water partition coefficient (Wildman–Crippen LogP) is 1.11. The van der Waals surface area contributed by atoms with Crippen molar-refractivity contribution in [3.8, 4) is 5.88 Å². The van der Waals surface area contributed by atoms with Gasteiger partial charge in [-0.25, -0.2) is 0 Å². The van der Waals surface area contributed by atoms with Gasteiger partial charge in [-0.05, 0) is 12.1 Å². The van der Waals surface area contributed by atoms with E-state index in [1.54, 1.807) is 23.2 Å². The van der Waals surface area contributed by atoms with E-state index < -0.39 is 5.56 Å². The van der Waals surface area contributed by atoms with Crippen LogP contribution >= 0.6 is 11.6 Å². The molecule has 1 aliphatic heterocycles. The van der Waals surface area contributed by atoms with Crippen molar-refractivity contribution >= 4 is 17.5 Å². The van der Waals surface area contributed by atoms with Crippen molar-refractivity contribution in [1.82, 2.24) is 20.1 Å². The van der Waals surface area contributed by atoms with Crippen molar-refractivity contribution in [2.75, 3.05) is 13.1 Å². The Balaban J connectivity index is 1.65. The van der Waals surface area contributed by atoms with Crippen LogP contribution in [-0.2, 0) is 0 Å². The van der Waals surface area contributed by atoms with Gasteiger partial charge in [-0.1, -0.05) is 11.6 Å². The Hall–Kier alpha value is -2.41. The summed E-state index contributed by atoms with van der Waals surface area (Å²) in [5.74, 6) is 0.247. The zero-order valence-electron chi connectivity index (χ0n) is 11.5. The number of rotatable bonds is 3. The van der Waals surface area contributed by atoms with Crippen molar-refractivity contribution in [1.29, 1.82) is 0 Å². The Kier molecular flexibility index (Phi) is 4.06. The fourth-order valence-corrected chi connectivity index (χ4v) is 2.46. The maximum Gasteiger partial charge on any atom is 0.266 e. The molecule has 1 aliphatic rings. The van der Waals surface area contributed by atoms with Crippen molar-refractivity contribution in [2.24, 2.45) is 0 Å². The maximum atomic E-state index is 12.4. The first-order valence-corrected chi connectivity index (χ1v) is 7.13. The van der Waals surface area contributed by atoms with Crippen LogP contribution in [0.5, 0.6) is 5.88 Å². The first-order chi connectivity index (χ1) is 10.6. The number of H-pyrrole nitrogens is 1. The second-order valence-corrected chi connectivity index (χ2v) is 5.31. The minimum absolute atomic E-state index is 0.00240. The lowest BCUT2D eigenvalue weighted by molar-refractivity contribution is 0.0770. The Morgan fingerprint density at radius 3 is 3.09 bits per heavy atom. The van der Waals surface area contributed by atoms with Crippen LogP contribution in [0.25, 0.3) is 0 Å². The third-order valence-corrected chi connectivity index (χ3v) is 3.65. The average Bonchev–Trinajstić information content (AvgIpc) is 2.99. The van der Waals surface area contributed by atoms with Gasteiger partial charge in [0.25, 0.3) is 11.5 Å². The summed E-state index contributed by atoms with van der Waals surface area (Å²) in [6.07, 6.45) is 3.52. The highest BCUT2D eigenvalue weighted by Gasteiger charge is 2.28. The smallest absolute Gasteiger partial charge is 0.266 e. The number of amides is 1. The van der Waals surface area contributed by atoms with E-state index in [-0.39, 0.29) is 17.0 Å². The molecule has 2 aromatic heterocycles. The number of nitrogens with zero attached hydrogens (tertiary/aromatic N) is 3. The Labute approximate surface area is 130 Å². The summed E-state index contributed by atoms with van der Waals surface area (Å²) in [5.41, 5.74) is -0.0618. The summed E-state index contributed by atoms with van der Waals surface area (Å²) in [5, 5.41) is 7.60. The van der Waals surface area contributed by atoms with E-state index >= 15 is 0 Å². The van der Waals surface area contributed by atoms with E-state index in [0.29, 0.717) is 31.0 Å². The molecular formula is C14H13ClN4O3. The van der Waals surface area contributed by atoms with Gasteiger partial charge < -0.3 is 14.6 Å². The van der Waals surface area contributed by atoms with Crippen LogP contribution in [0.1, 0.15) is 16.8 Å². The van der Waals surface area contributed by atoms with Gasteiger partial charge in [0.15, 0.2) is 0 Å². The highest BCUT2D eigenvalue weighted by molar-refractivity contribution is 6.30. The normalized spacial score (nSPS) is 17.5. The number of aromatic nitrogens is 3. The number of hydrogen-bond donors (Lipinski definition) is 1. The third-order valence-electron chi connectivity index (χ3n) is 3.37. The molecular weight excluding hydrogens is 308 g/mol. The molecule has 0 saturated carbocycles. The van der Waals surface area contributed by atoms with E-state index in [1.165, 1.54) is 12.3 Å². The number of carbonyl (C=O) groups is 1. The van der Waals surface area contributed by atoms with E-state index in [1.807, 2.05) is 0 Å². The predicted molar refractivity (Wildman–Crippen MR) is 79.0 cm³/mol. The SMILES string of the molecule is O=C(c1c[nH]c(=O)c(Cl)c1)N1CCC(Oc2cccnn2)C1. The lowest BCUT2D eigenvalue weighted by atomic mass is 10.2. The molecule has 7 nitrogen and oxygen atoms in total. The molecule has 0 aliphatic carbocycles. The van der Waals surface area contributed by atoms with Gasteiger partial charge in [-0.2, -0.15) is 5.10 Å². The van der Waals surface area contributed by atoms with Crippen LogP contribution in [0.4, 0.5) is 0 Å². The molecule has 114 valence electrons. The van der Waals surface area contributed by atoms with Crippen molar-refractivity contribution < 1.29 is 9.53 Å². The summed E-state index contributed by atoms with van der Waals surface area (Å²) in [6.45, 7) is 1.02. The molecule has 1 saturated heterocycles. The number of halogens is 1. The average molecular weight is 321 g/mol. The van der Waals surface area contributed by atoms with Gasteiger partial charge >= 0.3 is 0 Å². The molecule has 1 N–H and O–H groups in total. The molecule has 0 bridgehead atoms. The molecule has 2 aromatic rings. The van der Waals surface area contributed by atoms with Gasteiger partial charge in [0.2, 0.25) is 5.88 Å². The second kappa shape index (κ2) is 6.15. The van der Waals surface area contributed by atoms with Crippen LogP contribution in [0.3, 0.4) is 0 Å². The lowest BCUT2D eigenvalue weighted by Crippen LogP contribution is -2.31. The van der Waals surface area contributed by atoms with Gasteiger partial charge in [0, 0.05) is 31.4 Å². The van der Waals surface area contributed by atoms with E-state index in [2.05, 4.69) is 15.2 Å². The first-order valence-electron chi connectivity index (χ1n) is 6.75. The highest BCUT2D eigenvalue weighted by atomic mass is 35.5. The topological polar surface area (TPSA) is 88.2 Å². The van der Waals surface area contributed by atoms with Gasteiger partial charge in [0.1, 0.15) is 11.1 Å². The van der Waals surface area contributed by atoms with Gasteiger partial charge in [-0.3, -0.25) is 9.59 Å². The number of likely N-dealkylation sites (tertiary alicyclic amines) is 1. The van der Waals surface area contributed by atoms with Crippen LogP contribution in [-0.4, -0.2) is 45.2 Å². The van der Waals surface area contributed by atoms with Gasteiger partial charge in [-0.15, -0.1) is 5.10 Å². The van der Waals surface area contributed by atoms with Crippen molar-refractivity contribution in [2.45, 2.75) is 12.5 Å². The molecule has 8 heteroatoms. The lowest BCUT2D eigenvalue weighted by Gasteiger charge is -2.16. The van der Waals surface area contributed by atoms with Crippen molar-refractivity contribution in [3.63, 3.8) is 0 Å². The minimum Gasteiger partial charge on any atom is -0.471 e. The molecule has 0 radical (unpaired) electrons. The summed E-state index contributed by atoms with van der Waals surface area (Å²) < 4.78 is 5.68. The Bertz CT molecular complexity index is 734. The number of aromatic amines is 1. The van der Waals surface area contributed by atoms with Crippen LogP contribution in [0, 0.1) is 0 Å². The Morgan fingerprint density at radius 1 is 1.50 bits per heavy atom. The summed E-state index contributed by atoms with van der Waals surface area (Å²) in [7, 11) is 0. The Morgan fingerprint density at radius 2 is 2.36 bits per heavy atom. The molecule has 1 unspecified atom stereocenters. The molecule has 1 amide bonds. The van der Waals surface area contributed by atoms with E-state index in [9.17, 15) is 9.59 Å². The number of nitrogens with one attached hydrogen (secondary N) is 1. The summed E-state index contributed by atoms with van der Waals surface area (Å²) >= 11 is 5.75. The van der Waals surface area contributed by atoms with E-state index in [4.69, 9.17) is 16.3 Å². The fraction of sp³-hybridized carbons (Fsp3) is 0.286. The highest BCUT2D eigenvalue weighted by Crippen LogP contribution is 2.18. The molecule has 1 atom stereocenters. The largest absolute Gasteiger partial charge is 0.471 e. The number of hydrogen-bond acceptors (Lipinski definition) is 5. The summed E-state index contributed by atoms with van der Waals surface area (Å²) in [4.78, 5) is 27.7.